The van der Waals surface area contributed by atoms with Crippen LogP contribution in [-0.2, 0) is 0 Å². The summed E-state index contributed by atoms with van der Waals surface area (Å²) in [5.74, 6) is 0. The van der Waals surface area contributed by atoms with E-state index in [-0.39, 0.29) is 6.04 Å². The Kier molecular flexibility index (Phi) is 6.04. The summed E-state index contributed by atoms with van der Waals surface area (Å²) in [6.07, 6.45) is -4.25. The maximum Gasteiger partial charge on any atom is 0.401 e. The lowest BCUT2D eigenvalue weighted by Crippen LogP contribution is -2.47. The molecule has 2 atom stereocenters. The topological polar surface area (TPSA) is 29.3 Å². The van der Waals surface area contributed by atoms with Gasteiger partial charge in [-0.2, -0.15) is 13.2 Å². The first-order valence-corrected chi connectivity index (χ1v) is 7.25. The zero-order chi connectivity index (χ0) is 15.5. The molecule has 0 spiro atoms. The van der Waals surface area contributed by atoms with Gasteiger partial charge in [-0.05, 0) is 32.4 Å². The molecule has 0 amide bonds. The number of nitrogens with two attached hydrogens (primary N) is 1. The number of hydrogen-bond donors (Lipinski definition) is 1. The van der Waals surface area contributed by atoms with Gasteiger partial charge in [0.05, 0.1) is 12.6 Å². The van der Waals surface area contributed by atoms with E-state index in [9.17, 15) is 13.2 Å². The van der Waals surface area contributed by atoms with Gasteiger partial charge < -0.3 is 5.73 Å². The van der Waals surface area contributed by atoms with Crippen molar-refractivity contribution in [3.63, 3.8) is 0 Å². The standard InChI is InChI=1S/C14H20BrF3N2/c1-9(2)20(8-14(16,17)18)13(10(3)19)11-6-4-5-7-12(11)15/h4-7,9-10,13H,8,19H2,1-3H3. The molecule has 1 rings (SSSR count). The van der Waals surface area contributed by atoms with Crippen molar-refractivity contribution in [2.24, 2.45) is 5.73 Å². The van der Waals surface area contributed by atoms with E-state index in [0.717, 1.165) is 10.0 Å². The largest absolute Gasteiger partial charge is 0.401 e. The molecule has 114 valence electrons. The Bertz CT molecular complexity index is 433. The highest BCUT2D eigenvalue weighted by Crippen LogP contribution is 2.33. The van der Waals surface area contributed by atoms with Crippen LogP contribution in [0.3, 0.4) is 0 Å². The Morgan fingerprint density at radius 1 is 1.20 bits per heavy atom. The van der Waals surface area contributed by atoms with Crippen LogP contribution in [0.1, 0.15) is 32.4 Å². The first-order chi connectivity index (χ1) is 9.13. The highest BCUT2D eigenvalue weighted by Gasteiger charge is 2.37. The summed E-state index contributed by atoms with van der Waals surface area (Å²) in [6, 6.07) is 6.09. The van der Waals surface area contributed by atoms with Gasteiger partial charge >= 0.3 is 6.18 Å². The van der Waals surface area contributed by atoms with Crippen LogP contribution in [0.2, 0.25) is 0 Å². The third kappa shape index (κ3) is 4.75. The lowest BCUT2D eigenvalue weighted by Gasteiger charge is -2.38. The molecule has 0 fully saturated rings. The van der Waals surface area contributed by atoms with Crippen LogP contribution in [0, 0.1) is 0 Å². The van der Waals surface area contributed by atoms with Gasteiger partial charge in [-0.15, -0.1) is 0 Å². The van der Waals surface area contributed by atoms with E-state index in [2.05, 4.69) is 15.9 Å². The summed E-state index contributed by atoms with van der Waals surface area (Å²) in [5, 5.41) is 0. The summed E-state index contributed by atoms with van der Waals surface area (Å²) in [7, 11) is 0. The van der Waals surface area contributed by atoms with E-state index >= 15 is 0 Å². The Hall–Kier alpha value is -0.590. The normalized spacial score (nSPS) is 15.7. The zero-order valence-corrected chi connectivity index (χ0v) is 13.4. The molecule has 1 aromatic rings. The van der Waals surface area contributed by atoms with Gasteiger partial charge in [0.15, 0.2) is 0 Å². The molecule has 2 unspecified atom stereocenters. The molecular weight excluding hydrogens is 333 g/mol. The van der Waals surface area contributed by atoms with Crippen molar-refractivity contribution in [3.8, 4) is 0 Å². The molecule has 2 N–H and O–H groups in total. The van der Waals surface area contributed by atoms with Crippen LogP contribution < -0.4 is 5.73 Å². The molecule has 0 saturated heterocycles. The maximum atomic E-state index is 12.8. The van der Waals surface area contributed by atoms with Gasteiger partial charge in [-0.25, -0.2) is 0 Å². The fourth-order valence-corrected chi connectivity index (χ4v) is 2.81. The van der Waals surface area contributed by atoms with E-state index in [4.69, 9.17) is 5.73 Å². The molecule has 1 aromatic carbocycles. The first kappa shape index (κ1) is 17.5. The Balaban J connectivity index is 3.19. The van der Waals surface area contributed by atoms with Crippen molar-refractivity contribution in [1.29, 1.82) is 0 Å². The molecule has 0 heterocycles. The lowest BCUT2D eigenvalue weighted by atomic mass is 9.97. The highest BCUT2D eigenvalue weighted by atomic mass is 79.9. The molecule has 0 bridgehead atoms. The smallest absolute Gasteiger partial charge is 0.326 e. The number of nitrogens with zero attached hydrogens (tertiary/aromatic N) is 1. The maximum absolute atomic E-state index is 12.8. The second kappa shape index (κ2) is 6.91. The van der Waals surface area contributed by atoms with E-state index < -0.39 is 24.8 Å². The molecule has 0 aliphatic heterocycles. The molecule has 0 aliphatic rings. The predicted molar refractivity (Wildman–Crippen MR) is 78.4 cm³/mol. The van der Waals surface area contributed by atoms with Crippen LogP contribution in [0.25, 0.3) is 0 Å². The average Bonchev–Trinajstić information content (AvgIpc) is 2.28. The fraction of sp³-hybridized carbons (Fsp3) is 0.571. The first-order valence-electron chi connectivity index (χ1n) is 6.46. The van der Waals surface area contributed by atoms with E-state index in [1.807, 2.05) is 24.3 Å². The summed E-state index contributed by atoms with van der Waals surface area (Å²) in [6.45, 7) is 4.25. The predicted octanol–water partition coefficient (Wildman–Crippen LogP) is 4.11. The fourth-order valence-electron chi connectivity index (χ4n) is 2.29. The van der Waals surface area contributed by atoms with Crippen molar-refractivity contribution in [2.75, 3.05) is 6.54 Å². The van der Waals surface area contributed by atoms with Crippen molar-refractivity contribution in [2.45, 2.75) is 45.1 Å². The van der Waals surface area contributed by atoms with Crippen molar-refractivity contribution >= 4 is 15.9 Å². The summed E-state index contributed by atoms with van der Waals surface area (Å²) < 4.78 is 39.2. The van der Waals surface area contributed by atoms with Gasteiger partial charge in [0, 0.05) is 16.6 Å². The van der Waals surface area contributed by atoms with Crippen LogP contribution in [-0.4, -0.2) is 29.7 Å². The quantitative estimate of drug-likeness (QED) is 0.863. The summed E-state index contributed by atoms with van der Waals surface area (Å²) >= 11 is 3.40. The third-order valence-electron chi connectivity index (χ3n) is 3.10. The Morgan fingerprint density at radius 3 is 2.15 bits per heavy atom. The number of rotatable bonds is 5. The van der Waals surface area contributed by atoms with Crippen molar-refractivity contribution in [3.05, 3.63) is 34.3 Å². The minimum absolute atomic E-state index is 0.264. The minimum Gasteiger partial charge on any atom is -0.326 e. The van der Waals surface area contributed by atoms with Crippen LogP contribution in [0.4, 0.5) is 13.2 Å². The number of alkyl halides is 3. The number of hydrogen-bond acceptors (Lipinski definition) is 2. The number of benzene rings is 1. The van der Waals surface area contributed by atoms with E-state index in [1.54, 1.807) is 20.8 Å². The monoisotopic (exact) mass is 352 g/mol. The summed E-state index contributed by atoms with van der Waals surface area (Å²) in [4.78, 5) is 1.39. The summed E-state index contributed by atoms with van der Waals surface area (Å²) in [5.41, 5.74) is 6.74. The molecule has 0 aliphatic carbocycles. The molecule has 0 aromatic heterocycles. The van der Waals surface area contributed by atoms with Gasteiger partial charge in [0.2, 0.25) is 0 Å². The van der Waals surface area contributed by atoms with Gasteiger partial charge in [0.25, 0.3) is 0 Å². The van der Waals surface area contributed by atoms with Crippen molar-refractivity contribution < 1.29 is 13.2 Å². The molecular formula is C14H20BrF3N2. The Labute approximate surface area is 126 Å². The van der Waals surface area contributed by atoms with Crippen LogP contribution in [0.15, 0.2) is 28.7 Å². The van der Waals surface area contributed by atoms with Crippen LogP contribution >= 0.6 is 15.9 Å². The Morgan fingerprint density at radius 2 is 1.75 bits per heavy atom. The second-order valence-corrected chi connectivity index (χ2v) is 6.06. The molecule has 6 heteroatoms. The van der Waals surface area contributed by atoms with Gasteiger partial charge in [-0.1, -0.05) is 34.1 Å². The SMILES string of the molecule is CC(N)C(c1ccccc1Br)N(CC(F)(F)F)C(C)C. The molecule has 2 nitrogen and oxygen atoms in total. The van der Waals surface area contributed by atoms with E-state index in [0.29, 0.717) is 0 Å². The van der Waals surface area contributed by atoms with E-state index in [1.165, 1.54) is 4.90 Å². The highest BCUT2D eigenvalue weighted by molar-refractivity contribution is 9.10. The zero-order valence-electron chi connectivity index (χ0n) is 11.8. The second-order valence-electron chi connectivity index (χ2n) is 5.21. The lowest BCUT2D eigenvalue weighted by molar-refractivity contribution is -0.156. The van der Waals surface area contributed by atoms with Gasteiger partial charge in [0.1, 0.15) is 0 Å². The molecule has 20 heavy (non-hydrogen) atoms. The molecule has 0 saturated carbocycles. The third-order valence-corrected chi connectivity index (χ3v) is 3.83. The van der Waals surface area contributed by atoms with Crippen LogP contribution in [0.5, 0.6) is 0 Å². The molecule has 0 radical (unpaired) electrons. The van der Waals surface area contributed by atoms with Crippen molar-refractivity contribution in [1.82, 2.24) is 4.90 Å². The average molecular weight is 353 g/mol. The number of halogens is 4. The van der Waals surface area contributed by atoms with Gasteiger partial charge in [-0.3, -0.25) is 4.90 Å². The minimum atomic E-state index is -4.25.